The minimum absolute atomic E-state index is 0.281. The van der Waals surface area contributed by atoms with Gasteiger partial charge in [-0.2, -0.15) is 0 Å². The molecule has 3 heteroatoms. The number of pyridine rings is 1. The van der Waals surface area contributed by atoms with E-state index >= 15 is 0 Å². The average molecular weight is 261 g/mol. The van der Waals surface area contributed by atoms with Gasteiger partial charge in [-0.25, -0.2) is 0 Å². The molecular formula is C15H17ClN2. The van der Waals surface area contributed by atoms with Crippen LogP contribution in [0.5, 0.6) is 0 Å². The molecule has 0 amide bonds. The van der Waals surface area contributed by atoms with Gasteiger partial charge >= 0.3 is 0 Å². The van der Waals surface area contributed by atoms with Crippen molar-refractivity contribution in [2.75, 3.05) is 0 Å². The number of nitrogens with zero attached hydrogens (tertiary/aromatic N) is 1. The van der Waals surface area contributed by atoms with Gasteiger partial charge in [0.1, 0.15) is 0 Å². The molecule has 0 saturated carbocycles. The van der Waals surface area contributed by atoms with Gasteiger partial charge in [-0.3, -0.25) is 4.98 Å². The molecular weight excluding hydrogens is 244 g/mol. The summed E-state index contributed by atoms with van der Waals surface area (Å²) < 4.78 is 0. The molecule has 18 heavy (non-hydrogen) atoms. The first-order chi connectivity index (χ1) is 8.66. The Labute approximate surface area is 113 Å². The molecule has 0 spiro atoms. The zero-order chi connectivity index (χ0) is 13.0. The first-order valence-electron chi connectivity index (χ1n) is 6.06. The van der Waals surface area contributed by atoms with Gasteiger partial charge in [0.25, 0.3) is 0 Å². The highest BCUT2D eigenvalue weighted by atomic mass is 35.5. The summed E-state index contributed by atoms with van der Waals surface area (Å²) in [4.78, 5) is 4.37. The van der Waals surface area contributed by atoms with Crippen molar-refractivity contribution in [2.24, 2.45) is 0 Å². The molecule has 1 heterocycles. The molecule has 2 rings (SSSR count). The van der Waals surface area contributed by atoms with Gasteiger partial charge in [-0.1, -0.05) is 29.8 Å². The van der Waals surface area contributed by atoms with Crippen LogP contribution < -0.4 is 5.32 Å². The van der Waals surface area contributed by atoms with E-state index in [1.165, 1.54) is 11.1 Å². The van der Waals surface area contributed by atoms with Crippen molar-refractivity contribution in [2.45, 2.75) is 26.4 Å². The molecule has 0 aliphatic heterocycles. The molecule has 0 aliphatic carbocycles. The first kappa shape index (κ1) is 13.1. The van der Waals surface area contributed by atoms with Crippen LogP contribution in [0.25, 0.3) is 0 Å². The lowest BCUT2D eigenvalue weighted by Gasteiger charge is -2.14. The molecule has 1 aromatic carbocycles. The van der Waals surface area contributed by atoms with Crippen LogP contribution >= 0.6 is 11.6 Å². The highest BCUT2D eigenvalue weighted by molar-refractivity contribution is 6.30. The first-order valence-corrected chi connectivity index (χ1v) is 6.44. The number of hydrogen-bond acceptors (Lipinski definition) is 2. The van der Waals surface area contributed by atoms with Crippen molar-refractivity contribution in [3.63, 3.8) is 0 Å². The van der Waals surface area contributed by atoms with E-state index in [4.69, 9.17) is 11.6 Å². The normalized spacial score (nSPS) is 12.4. The molecule has 0 saturated heterocycles. The summed E-state index contributed by atoms with van der Waals surface area (Å²) in [6.07, 6.45) is 1.83. The van der Waals surface area contributed by atoms with Gasteiger partial charge in [-0.05, 0) is 43.2 Å². The quantitative estimate of drug-likeness (QED) is 0.902. The van der Waals surface area contributed by atoms with Crippen LogP contribution in [0.1, 0.15) is 29.8 Å². The molecule has 0 fully saturated rings. The Morgan fingerprint density at radius 3 is 2.61 bits per heavy atom. The Bertz CT molecular complexity index is 508. The zero-order valence-corrected chi connectivity index (χ0v) is 11.4. The van der Waals surface area contributed by atoms with Crippen molar-refractivity contribution in [3.05, 3.63) is 64.4 Å². The van der Waals surface area contributed by atoms with Crippen molar-refractivity contribution in [1.29, 1.82) is 0 Å². The molecule has 0 bridgehead atoms. The highest BCUT2D eigenvalue weighted by Gasteiger charge is 2.06. The predicted octanol–water partition coefficient (Wildman–Crippen LogP) is 3.89. The third kappa shape index (κ3) is 3.31. The van der Waals surface area contributed by atoms with Gasteiger partial charge < -0.3 is 5.32 Å². The minimum atomic E-state index is 0.281. The number of rotatable bonds is 4. The lowest BCUT2D eigenvalue weighted by atomic mass is 10.1. The molecule has 1 atom stereocenters. The molecule has 1 N–H and O–H groups in total. The summed E-state index contributed by atoms with van der Waals surface area (Å²) in [5, 5.41) is 4.24. The van der Waals surface area contributed by atoms with Crippen molar-refractivity contribution in [1.82, 2.24) is 10.3 Å². The fraction of sp³-hybridized carbons (Fsp3) is 0.267. The topological polar surface area (TPSA) is 24.9 Å². The van der Waals surface area contributed by atoms with Crippen LogP contribution in [-0.2, 0) is 6.54 Å². The lowest BCUT2D eigenvalue weighted by Crippen LogP contribution is -2.19. The van der Waals surface area contributed by atoms with Crippen LogP contribution in [0.4, 0.5) is 0 Å². The summed E-state index contributed by atoms with van der Waals surface area (Å²) in [5.74, 6) is 0. The second-order valence-corrected chi connectivity index (χ2v) is 4.86. The lowest BCUT2D eigenvalue weighted by molar-refractivity contribution is 0.566. The maximum Gasteiger partial charge on any atom is 0.0570 e. The third-order valence-corrected chi connectivity index (χ3v) is 3.32. The fourth-order valence-electron chi connectivity index (χ4n) is 1.82. The van der Waals surface area contributed by atoms with Gasteiger partial charge in [-0.15, -0.1) is 0 Å². The predicted molar refractivity (Wildman–Crippen MR) is 75.7 cm³/mol. The van der Waals surface area contributed by atoms with E-state index in [1.54, 1.807) is 0 Å². The molecule has 2 aromatic rings. The maximum atomic E-state index is 5.88. The SMILES string of the molecule is Cc1cccnc1CN[C@H](C)c1ccc(Cl)cc1. The summed E-state index contributed by atoms with van der Waals surface area (Å²) in [7, 11) is 0. The Morgan fingerprint density at radius 2 is 1.94 bits per heavy atom. The zero-order valence-electron chi connectivity index (χ0n) is 10.7. The second-order valence-electron chi connectivity index (χ2n) is 4.42. The summed E-state index contributed by atoms with van der Waals surface area (Å²) in [5.41, 5.74) is 3.54. The maximum absolute atomic E-state index is 5.88. The Morgan fingerprint density at radius 1 is 1.22 bits per heavy atom. The van der Waals surface area contributed by atoms with Crippen LogP contribution in [0.15, 0.2) is 42.6 Å². The van der Waals surface area contributed by atoms with Crippen LogP contribution in [0, 0.1) is 6.92 Å². The van der Waals surface area contributed by atoms with Crippen LogP contribution in [0.3, 0.4) is 0 Å². The van der Waals surface area contributed by atoms with E-state index < -0.39 is 0 Å². The Balaban J connectivity index is 1.98. The number of hydrogen-bond donors (Lipinski definition) is 1. The number of halogens is 1. The van der Waals surface area contributed by atoms with Gasteiger partial charge in [0, 0.05) is 23.8 Å². The Hall–Kier alpha value is -1.38. The molecule has 2 nitrogen and oxygen atoms in total. The van der Waals surface area contributed by atoms with E-state index in [-0.39, 0.29) is 6.04 Å². The summed E-state index contributed by atoms with van der Waals surface area (Å²) in [6, 6.07) is 12.3. The van der Waals surface area contributed by atoms with E-state index in [2.05, 4.69) is 30.2 Å². The molecule has 0 unspecified atom stereocenters. The van der Waals surface area contributed by atoms with Gasteiger partial charge in [0.05, 0.1) is 5.69 Å². The van der Waals surface area contributed by atoms with Crippen molar-refractivity contribution >= 4 is 11.6 Å². The number of nitrogens with one attached hydrogen (secondary N) is 1. The second kappa shape index (κ2) is 5.98. The molecule has 0 aliphatic rings. The number of aryl methyl sites for hydroxylation is 1. The molecule has 0 radical (unpaired) electrons. The standard InChI is InChI=1S/C15H17ClN2/c1-11-4-3-9-17-15(11)10-18-12(2)13-5-7-14(16)8-6-13/h3-9,12,18H,10H2,1-2H3/t12-/m1/s1. The monoisotopic (exact) mass is 260 g/mol. The third-order valence-electron chi connectivity index (χ3n) is 3.06. The van der Waals surface area contributed by atoms with Gasteiger partial charge in [0.2, 0.25) is 0 Å². The Kier molecular flexibility index (Phi) is 4.34. The highest BCUT2D eigenvalue weighted by Crippen LogP contribution is 2.16. The van der Waals surface area contributed by atoms with Crippen LogP contribution in [-0.4, -0.2) is 4.98 Å². The summed E-state index contributed by atoms with van der Waals surface area (Å²) in [6.45, 7) is 4.99. The smallest absolute Gasteiger partial charge is 0.0570 e. The molecule has 94 valence electrons. The van der Waals surface area contributed by atoms with E-state index in [0.29, 0.717) is 0 Å². The van der Waals surface area contributed by atoms with Crippen LogP contribution in [0.2, 0.25) is 5.02 Å². The van der Waals surface area contributed by atoms with Gasteiger partial charge in [0.15, 0.2) is 0 Å². The molecule has 1 aromatic heterocycles. The minimum Gasteiger partial charge on any atom is -0.305 e. The van der Waals surface area contributed by atoms with E-state index in [0.717, 1.165) is 17.3 Å². The number of aromatic nitrogens is 1. The van der Waals surface area contributed by atoms with E-state index in [9.17, 15) is 0 Å². The average Bonchev–Trinajstić information content (AvgIpc) is 2.38. The largest absolute Gasteiger partial charge is 0.305 e. The van der Waals surface area contributed by atoms with Crippen molar-refractivity contribution < 1.29 is 0 Å². The summed E-state index contributed by atoms with van der Waals surface area (Å²) >= 11 is 5.88. The van der Waals surface area contributed by atoms with E-state index in [1.807, 2.05) is 36.5 Å². The fourth-order valence-corrected chi connectivity index (χ4v) is 1.95. The van der Waals surface area contributed by atoms with Crippen molar-refractivity contribution in [3.8, 4) is 0 Å². The number of benzene rings is 1.